The molecule has 2 atom stereocenters. The Morgan fingerprint density at radius 2 is 1.85 bits per heavy atom. The Morgan fingerprint density at radius 1 is 1.00 bits per heavy atom. The summed E-state index contributed by atoms with van der Waals surface area (Å²) in [5.74, 6) is 1.19. The van der Waals surface area contributed by atoms with Gasteiger partial charge >= 0.3 is 0 Å². The van der Waals surface area contributed by atoms with Crippen molar-refractivity contribution in [1.29, 1.82) is 0 Å². The third-order valence-corrected chi connectivity index (χ3v) is 6.29. The Morgan fingerprint density at radius 3 is 2.62 bits per heavy atom. The standard InChI is InChI=1S/C20H28N4O2/c25-19(10-15-4-2-1-3-5-15)24-13-16-6-7-17(24)14-23(12-16)20(26)18-11-21-8-9-22-18/h8-9,11,15-17H,1-7,10,12-14H2/t16-,17+/m0/s1. The van der Waals surface area contributed by atoms with E-state index >= 15 is 0 Å². The second-order valence-corrected chi connectivity index (χ2v) is 8.15. The van der Waals surface area contributed by atoms with Crippen LogP contribution in [0.25, 0.3) is 0 Å². The van der Waals surface area contributed by atoms with E-state index in [4.69, 9.17) is 0 Å². The third kappa shape index (κ3) is 3.74. The number of fused-ring (bicyclic) bond motifs is 4. The molecule has 140 valence electrons. The maximum atomic E-state index is 13.0. The summed E-state index contributed by atoms with van der Waals surface area (Å²) in [6, 6.07) is 0.158. The van der Waals surface area contributed by atoms with Crippen LogP contribution >= 0.6 is 0 Å². The summed E-state index contributed by atoms with van der Waals surface area (Å²) in [4.78, 5) is 37.9. The van der Waals surface area contributed by atoms with Gasteiger partial charge < -0.3 is 9.80 Å². The maximum Gasteiger partial charge on any atom is 0.274 e. The fraction of sp³-hybridized carbons (Fsp3) is 0.700. The molecule has 0 spiro atoms. The van der Waals surface area contributed by atoms with Gasteiger partial charge in [0.25, 0.3) is 5.91 Å². The quantitative estimate of drug-likeness (QED) is 0.835. The van der Waals surface area contributed by atoms with Crippen LogP contribution in [0.3, 0.4) is 0 Å². The molecule has 5 rings (SSSR count). The van der Waals surface area contributed by atoms with Crippen LogP contribution in [0.1, 0.15) is 61.9 Å². The van der Waals surface area contributed by atoms with Crippen molar-refractivity contribution in [1.82, 2.24) is 19.8 Å². The summed E-state index contributed by atoms with van der Waals surface area (Å²) in [7, 11) is 0. The predicted octanol–water partition coefficient (Wildman–Crippen LogP) is 2.51. The first-order valence-electron chi connectivity index (χ1n) is 10.1. The van der Waals surface area contributed by atoms with Crippen LogP contribution in [0.15, 0.2) is 18.6 Å². The van der Waals surface area contributed by atoms with Gasteiger partial charge in [-0.3, -0.25) is 14.6 Å². The monoisotopic (exact) mass is 356 g/mol. The summed E-state index contributed by atoms with van der Waals surface area (Å²) in [6.07, 6.45) is 13.7. The Labute approximate surface area is 155 Å². The lowest BCUT2D eigenvalue weighted by atomic mass is 9.86. The van der Waals surface area contributed by atoms with E-state index in [2.05, 4.69) is 14.9 Å². The Kier molecular flexibility index (Phi) is 5.18. The van der Waals surface area contributed by atoms with Gasteiger partial charge in [-0.25, -0.2) is 4.98 Å². The molecule has 1 aliphatic carbocycles. The Bertz CT molecular complexity index is 644. The van der Waals surface area contributed by atoms with Crippen molar-refractivity contribution in [3.63, 3.8) is 0 Å². The Balaban J connectivity index is 1.43. The fourth-order valence-corrected chi connectivity index (χ4v) is 4.88. The van der Waals surface area contributed by atoms with Gasteiger partial charge in [0, 0.05) is 44.5 Å². The number of aromatic nitrogens is 2. The van der Waals surface area contributed by atoms with E-state index in [-0.39, 0.29) is 11.9 Å². The van der Waals surface area contributed by atoms with Gasteiger partial charge in [-0.2, -0.15) is 0 Å². The maximum absolute atomic E-state index is 13.0. The van der Waals surface area contributed by atoms with E-state index in [1.807, 2.05) is 4.90 Å². The van der Waals surface area contributed by atoms with Crippen molar-refractivity contribution in [3.05, 3.63) is 24.3 Å². The number of nitrogens with zero attached hydrogens (tertiary/aromatic N) is 4. The van der Waals surface area contributed by atoms with Crippen molar-refractivity contribution in [2.45, 2.75) is 57.4 Å². The molecular weight excluding hydrogens is 328 g/mol. The molecule has 4 fully saturated rings. The largest absolute Gasteiger partial charge is 0.338 e. The number of hydrogen-bond donors (Lipinski definition) is 0. The second kappa shape index (κ2) is 7.72. The van der Waals surface area contributed by atoms with Crippen LogP contribution in [0.5, 0.6) is 0 Å². The van der Waals surface area contributed by atoms with Crippen LogP contribution in [0.4, 0.5) is 0 Å². The molecule has 1 aromatic rings. The smallest absolute Gasteiger partial charge is 0.274 e. The van der Waals surface area contributed by atoms with Crippen LogP contribution in [0.2, 0.25) is 0 Å². The highest BCUT2D eigenvalue weighted by molar-refractivity contribution is 5.92. The molecule has 3 aliphatic heterocycles. The minimum absolute atomic E-state index is 0.0587. The van der Waals surface area contributed by atoms with Gasteiger partial charge in [-0.15, -0.1) is 0 Å². The zero-order chi connectivity index (χ0) is 17.9. The number of carbonyl (C=O) groups is 2. The predicted molar refractivity (Wildman–Crippen MR) is 97.4 cm³/mol. The minimum atomic E-state index is -0.0587. The third-order valence-electron chi connectivity index (χ3n) is 6.29. The highest BCUT2D eigenvalue weighted by atomic mass is 16.2. The van der Waals surface area contributed by atoms with Crippen molar-refractivity contribution in [3.8, 4) is 0 Å². The zero-order valence-corrected chi connectivity index (χ0v) is 15.3. The van der Waals surface area contributed by atoms with Gasteiger partial charge in [-0.1, -0.05) is 19.3 Å². The SMILES string of the molecule is O=C(c1cnccn1)N1C[C@@H]2CC[C@H](C1)N(C(=O)CC1CCCCC1)C2. The van der Waals surface area contributed by atoms with Crippen LogP contribution in [0, 0.1) is 11.8 Å². The number of amides is 2. The number of carbonyl (C=O) groups excluding carboxylic acids is 2. The van der Waals surface area contributed by atoms with Gasteiger partial charge in [0.05, 0.1) is 6.20 Å². The lowest BCUT2D eigenvalue weighted by Gasteiger charge is -2.37. The second-order valence-electron chi connectivity index (χ2n) is 8.15. The van der Waals surface area contributed by atoms with E-state index < -0.39 is 0 Å². The molecule has 26 heavy (non-hydrogen) atoms. The highest BCUT2D eigenvalue weighted by Crippen LogP contribution is 2.32. The molecule has 0 radical (unpaired) electrons. The van der Waals surface area contributed by atoms with Crippen molar-refractivity contribution in [2.75, 3.05) is 19.6 Å². The number of rotatable bonds is 3. The fourth-order valence-electron chi connectivity index (χ4n) is 4.88. The van der Waals surface area contributed by atoms with E-state index in [0.29, 0.717) is 36.4 Å². The molecule has 2 bridgehead atoms. The summed E-state index contributed by atoms with van der Waals surface area (Å²) in [5.41, 5.74) is 0.397. The highest BCUT2D eigenvalue weighted by Gasteiger charge is 2.39. The van der Waals surface area contributed by atoms with Gasteiger partial charge in [0.1, 0.15) is 5.69 Å². The van der Waals surface area contributed by atoms with Crippen molar-refractivity contribution >= 4 is 11.8 Å². The van der Waals surface area contributed by atoms with Gasteiger partial charge in [-0.05, 0) is 37.5 Å². The van der Waals surface area contributed by atoms with Crippen LogP contribution < -0.4 is 0 Å². The van der Waals surface area contributed by atoms with Gasteiger partial charge in [0.15, 0.2) is 0 Å². The van der Waals surface area contributed by atoms with E-state index in [0.717, 1.165) is 25.9 Å². The normalized spacial score (nSPS) is 26.6. The summed E-state index contributed by atoms with van der Waals surface area (Å²) in [6.45, 7) is 2.15. The minimum Gasteiger partial charge on any atom is -0.338 e. The first kappa shape index (κ1) is 17.4. The summed E-state index contributed by atoms with van der Waals surface area (Å²) < 4.78 is 0. The van der Waals surface area contributed by atoms with E-state index in [1.165, 1.54) is 38.3 Å². The Hall–Kier alpha value is -1.98. The summed E-state index contributed by atoms with van der Waals surface area (Å²) in [5, 5.41) is 0. The first-order valence-corrected chi connectivity index (χ1v) is 10.1. The van der Waals surface area contributed by atoms with E-state index in [9.17, 15) is 9.59 Å². The molecule has 6 nitrogen and oxygen atoms in total. The molecule has 2 amide bonds. The molecule has 0 N–H and O–H groups in total. The molecule has 1 saturated carbocycles. The first-order chi connectivity index (χ1) is 12.7. The number of piperidine rings is 1. The topological polar surface area (TPSA) is 66.4 Å². The van der Waals surface area contributed by atoms with Crippen LogP contribution in [-0.2, 0) is 4.79 Å². The van der Waals surface area contributed by atoms with Crippen molar-refractivity contribution < 1.29 is 9.59 Å². The van der Waals surface area contributed by atoms with Gasteiger partial charge in [0.2, 0.25) is 5.91 Å². The molecule has 6 heteroatoms. The molecular formula is C20H28N4O2. The molecule has 4 aliphatic rings. The number of hydrogen-bond acceptors (Lipinski definition) is 4. The average Bonchev–Trinajstić information content (AvgIpc) is 3.01. The average molecular weight is 356 g/mol. The van der Waals surface area contributed by atoms with E-state index in [1.54, 1.807) is 12.4 Å². The van der Waals surface area contributed by atoms with Crippen LogP contribution in [-0.4, -0.2) is 57.3 Å². The van der Waals surface area contributed by atoms with Crippen molar-refractivity contribution in [2.24, 2.45) is 11.8 Å². The lowest BCUT2D eigenvalue weighted by molar-refractivity contribution is -0.136. The lowest BCUT2D eigenvalue weighted by Crippen LogP contribution is -2.48. The zero-order valence-electron chi connectivity index (χ0n) is 15.3. The molecule has 0 unspecified atom stereocenters. The molecule has 0 aromatic carbocycles. The molecule has 3 saturated heterocycles. The molecule has 1 aromatic heterocycles. The molecule has 4 heterocycles. The summed E-state index contributed by atoms with van der Waals surface area (Å²) >= 11 is 0.